The van der Waals surface area contributed by atoms with Crippen LogP contribution in [0.4, 0.5) is 10.2 Å². The number of anilines is 1. The number of aromatic nitrogens is 1. The molecule has 1 saturated heterocycles. The highest BCUT2D eigenvalue weighted by Gasteiger charge is 2.33. The van der Waals surface area contributed by atoms with Gasteiger partial charge in [0.05, 0.1) is 19.2 Å². The smallest absolute Gasteiger partial charge is 0.323 e. The molecule has 1 aromatic heterocycles. The molecule has 0 bridgehead atoms. The van der Waals surface area contributed by atoms with Crippen LogP contribution in [0.2, 0.25) is 0 Å². The third-order valence-corrected chi connectivity index (χ3v) is 5.64. The zero-order valence-electron chi connectivity index (χ0n) is 17.4. The normalized spacial score (nSPS) is 16.3. The molecule has 1 fully saturated rings. The van der Waals surface area contributed by atoms with E-state index in [0.717, 1.165) is 23.2 Å². The molecule has 7 nitrogen and oxygen atoms in total. The van der Waals surface area contributed by atoms with Crippen LogP contribution in [-0.4, -0.2) is 47.6 Å². The Hall–Kier alpha value is -3.18. The minimum Gasteiger partial charge on any atom is -0.468 e. The number of amides is 1. The molecule has 2 heterocycles. The van der Waals surface area contributed by atoms with Crippen molar-refractivity contribution in [1.82, 2.24) is 9.47 Å². The molecule has 3 rings (SSSR count). The number of carbonyl (C=O) groups is 2. The number of hydrogen-bond donors (Lipinski definition) is 1. The predicted octanol–water partition coefficient (Wildman–Crippen LogP) is 2.74. The van der Waals surface area contributed by atoms with Gasteiger partial charge in [0.2, 0.25) is 5.91 Å². The van der Waals surface area contributed by atoms with Gasteiger partial charge in [-0.2, -0.15) is 5.26 Å². The van der Waals surface area contributed by atoms with E-state index >= 15 is 0 Å². The molecule has 158 valence electrons. The lowest BCUT2D eigenvalue weighted by Crippen LogP contribution is -2.41. The Morgan fingerprint density at radius 1 is 1.30 bits per heavy atom. The van der Waals surface area contributed by atoms with Crippen LogP contribution in [0.3, 0.4) is 0 Å². The van der Waals surface area contributed by atoms with E-state index in [0.29, 0.717) is 30.9 Å². The number of methoxy groups -OCH3 is 1. The molecule has 0 saturated carbocycles. The number of hydrogen-bond acceptors (Lipinski definition) is 5. The second-order valence-corrected chi connectivity index (χ2v) is 7.46. The number of esters is 1. The lowest BCUT2D eigenvalue weighted by molar-refractivity contribution is -0.146. The Bertz CT molecular complexity index is 991. The number of ether oxygens (including phenoxy) is 1. The number of rotatable bonds is 6. The van der Waals surface area contributed by atoms with Gasteiger partial charge in [0.1, 0.15) is 23.7 Å². The summed E-state index contributed by atoms with van der Waals surface area (Å²) in [7, 11) is 1.34. The molecule has 1 aliphatic heterocycles. The zero-order chi connectivity index (χ0) is 21.8. The van der Waals surface area contributed by atoms with Crippen molar-refractivity contribution in [2.24, 2.45) is 0 Å². The molecule has 1 N–H and O–H groups in total. The summed E-state index contributed by atoms with van der Waals surface area (Å²) in [6, 6.07) is 7.85. The summed E-state index contributed by atoms with van der Waals surface area (Å²) >= 11 is 0. The number of nitrogens with zero attached hydrogens (tertiary/aromatic N) is 3. The quantitative estimate of drug-likeness (QED) is 0.737. The summed E-state index contributed by atoms with van der Waals surface area (Å²) in [5.41, 5.74) is 2.87. The van der Waals surface area contributed by atoms with Crippen molar-refractivity contribution >= 4 is 17.7 Å². The summed E-state index contributed by atoms with van der Waals surface area (Å²) in [4.78, 5) is 26.5. The maximum absolute atomic E-state index is 13.2. The summed E-state index contributed by atoms with van der Waals surface area (Å²) in [5.74, 6) is -0.559. The summed E-state index contributed by atoms with van der Waals surface area (Å²) in [5, 5.41) is 12.5. The lowest BCUT2D eigenvalue weighted by Gasteiger charge is -2.22. The highest BCUT2D eigenvalue weighted by Crippen LogP contribution is 2.28. The van der Waals surface area contributed by atoms with E-state index in [-0.39, 0.29) is 24.2 Å². The van der Waals surface area contributed by atoms with Gasteiger partial charge in [-0.15, -0.1) is 0 Å². The standard InChI is InChI=1S/C22H25FN4O3/c1-14-15(2)27(12-16-6-8-17(23)9-7-16)21(18(14)11-24)25-20(28)13-26-10-4-5-19(26)22(29)30-3/h6-9,19H,4-5,10,12-13H2,1-3H3,(H,25,28). The Kier molecular flexibility index (Phi) is 6.53. The summed E-state index contributed by atoms with van der Waals surface area (Å²) < 4.78 is 19.9. The van der Waals surface area contributed by atoms with Crippen molar-refractivity contribution in [2.45, 2.75) is 39.3 Å². The van der Waals surface area contributed by atoms with E-state index in [9.17, 15) is 19.2 Å². The van der Waals surface area contributed by atoms with Crippen LogP contribution in [0.15, 0.2) is 24.3 Å². The Balaban J connectivity index is 1.83. The van der Waals surface area contributed by atoms with Crippen LogP contribution in [-0.2, 0) is 20.9 Å². The molecule has 30 heavy (non-hydrogen) atoms. The molecule has 1 aromatic carbocycles. The van der Waals surface area contributed by atoms with Gasteiger partial charge in [-0.3, -0.25) is 14.5 Å². The molecule has 2 aromatic rings. The summed E-state index contributed by atoms with van der Waals surface area (Å²) in [6.45, 7) is 4.76. The van der Waals surface area contributed by atoms with E-state index < -0.39 is 6.04 Å². The second kappa shape index (κ2) is 9.09. The molecule has 1 unspecified atom stereocenters. The van der Waals surface area contributed by atoms with Gasteiger partial charge < -0.3 is 14.6 Å². The number of likely N-dealkylation sites (tertiary alicyclic amines) is 1. The molecule has 0 aliphatic carbocycles. The van der Waals surface area contributed by atoms with Crippen molar-refractivity contribution in [2.75, 3.05) is 25.5 Å². The Morgan fingerprint density at radius 3 is 2.63 bits per heavy atom. The SMILES string of the molecule is COC(=O)C1CCCN1CC(=O)Nc1c(C#N)c(C)c(C)n1Cc1ccc(F)cc1. The van der Waals surface area contributed by atoms with Crippen LogP contribution >= 0.6 is 0 Å². The van der Waals surface area contributed by atoms with Gasteiger partial charge in [0, 0.05) is 12.2 Å². The topological polar surface area (TPSA) is 87.4 Å². The molecule has 0 radical (unpaired) electrons. The van der Waals surface area contributed by atoms with Crippen LogP contribution in [0, 0.1) is 31.0 Å². The zero-order valence-corrected chi connectivity index (χ0v) is 17.4. The highest BCUT2D eigenvalue weighted by molar-refractivity contribution is 5.93. The predicted molar refractivity (Wildman–Crippen MR) is 109 cm³/mol. The number of carbonyl (C=O) groups excluding carboxylic acids is 2. The average molecular weight is 412 g/mol. The van der Waals surface area contributed by atoms with Crippen LogP contribution in [0.25, 0.3) is 0 Å². The van der Waals surface area contributed by atoms with E-state index in [1.165, 1.54) is 19.2 Å². The first-order valence-electron chi connectivity index (χ1n) is 9.81. The van der Waals surface area contributed by atoms with Gasteiger partial charge in [-0.1, -0.05) is 12.1 Å². The van der Waals surface area contributed by atoms with Gasteiger partial charge in [-0.05, 0) is 56.5 Å². The van der Waals surface area contributed by atoms with E-state index in [1.807, 2.05) is 18.4 Å². The number of nitrogens with one attached hydrogen (secondary N) is 1. The fourth-order valence-corrected chi connectivity index (χ4v) is 3.87. The Morgan fingerprint density at radius 2 is 2.00 bits per heavy atom. The van der Waals surface area contributed by atoms with Crippen LogP contribution in [0.5, 0.6) is 0 Å². The van der Waals surface area contributed by atoms with Crippen molar-refractivity contribution < 1.29 is 18.7 Å². The first-order valence-corrected chi connectivity index (χ1v) is 9.81. The molecule has 0 spiro atoms. The molecule has 1 amide bonds. The third-order valence-electron chi connectivity index (χ3n) is 5.64. The first-order chi connectivity index (χ1) is 14.3. The minimum absolute atomic E-state index is 0.0322. The fourth-order valence-electron chi connectivity index (χ4n) is 3.87. The number of nitriles is 1. The largest absolute Gasteiger partial charge is 0.468 e. The molecular weight excluding hydrogens is 387 g/mol. The maximum Gasteiger partial charge on any atom is 0.323 e. The van der Waals surface area contributed by atoms with Gasteiger partial charge >= 0.3 is 5.97 Å². The van der Waals surface area contributed by atoms with Crippen molar-refractivity contribution in [1.29, 1.82) is 5.26 Å². The number of halogens is 1. The molecular formula is C22H25FN4O3. The third kappa shape index (κ3) is 4.36. The van der Waals surface area contributed by atoms with Gasteiger partial charge in [0.15, 0.2) is 0 Å². The second-order valence-electron chi connectivity index (χ2n) is 7.46. The van der Waals surface area contributed by atoms with E-state index in [2.05, 4.69) is 11.4 Å². The molecule has 1 atom stereocenters. The van der Waals surface area contributed by atoms with E-state index in [4.69, 9.17) is 4.74 Å². The lowest BCUT2D eigenvalue weighted by atomic mass is 10.2. The monoisotopic (exact) mass is 412 g/mol. The fraction of sp³-hybridized carbons (Fsp3) is 0.409. The van der Waals surface area contributed by atoms with Crippen molar-refractivity contribution in [3.63, 3.8) is 0 Å². The van der Waals surface area contributed by atoms with Gasteiger partial charge in [0.25, 0.3) is 0 Å². The van der Waals surface area contributed by atoms with Gasteiger partial charge in [-0.25, -0.2) is 4.39 Å². The summed E-state index contributed by atoms with van der Waals surface area (Å²) in [6.07, 6.45) is 1.47. The van der Waals surface area contributed by atoms with Crippen LogP contribution < -0.4 is 5.32 Å². The molecule has 1 aliphatic rings. The highest BCUT2D eigenvalue weighted by atomic mass is 19.1. The van der Waals surface area contributed by atoms with Crippen molar-refractivity contribution in [3.8, 4) is 6.07 Å². The van der Waals surface area contributed by atoms with E-state index in [1.54, 1.807) is 17.0 Å². The average Bonchev–Trinajstić information content (AvgIpc) is 3.27. The van der Waals surface area contributed by atoms with Crippen LogP contribution in [0.1, 0.15) is 35.2 Å². The van der Waals surface area contributed by atoms with Crippen molar-refractivity contribution in [3.05, 3.63) is 52.5 Å². The molecule has 8 heteroatoms. The maximum atomic E-state index is 13.2. The minimum atomic E-state index is -0.425. The first kappa shape index (κ1) is 21.5. The Labute approximate surface area is 175 Å². The number of benzene rings is 1.